The van der Waals surface area contributed by atoms with Gasteiger partial charge in [-0.1, -0.05) is 0 Å². The first-order valence-electron chi connectivity index (χ1n) is 13.6. The number of carbonyl (C=O) groups is 2. The Morgan fingerprint density at radius 2 is 1.51 bits per heavy atom. The lowest BCUT2D eigenvalue weighted by atomic mass is 9.48. The van der Waals surface area contributed by atoms with Crippen LogP contribution in [-0.4, -0.2) is 40.2 Å². The molecule has 0 radical (unpaired) electrons. The minimum atomic E-state index is -0.587. The van der Waals surface area contributed by atoms with E-state index in [1.165, 1.54) is 37.7 Å². The van der Waals surface area contributed by atoms with Crippen molar-refractivity contribution in [3.63, 3.8) is 0 Å². The largest absolute Gasteiger partial charge is 0.493 e. The molecule has 208 valence electrons. The van der Waals surface area contributed by atoms with E-state index in [-0.39, 0.29) is 11.2 Å². The summed E-state index contributed by atoms with van der Waals surface area (Å²) in [7, 11) is 6.02. The highest BCUT2D eigenvalue weighted by Crippen LogP contribution is 2.62. The van der Waals surface area contributed by atoms with Gasteiger partial charge in [0.1, 0.15) is 0 Å². The average molecular weight is 553 g/mol. The number of fused-ring (bicyclic) bond motifs is 1. The van der Waals surface area contributed by atoms with Crippen LogP contribution in [-0.2, 0) is 9.53 Å². The van der Waals surface area contributed by atoms with Gasteiger partial charge >= 0.3 is 5.97 Å². The molecule has 4 saturated carbocycles. The number of nitrogens with one attached hydrogen (secondary N) is 1. The summed E-state index contributed by atoms with van der Waals surface area (Å²) in [4.78, 5) is 28.1. The zero-order valence-electron chi connectivity index (χ0n) is 23.1. The number of anilines is 2. The molecular weight excluding hydrogens is 516 g/mol. The Kier molecular flexibility index (Phi) is 6.32. The minimum Gasteiger partial charge on any atom is -0.493 e. The van der Waals surface area contributed by atoms with Crippen LogP contribution >= 0.6 is 11.3 Å². The summed E-state index contributed by atoms with van der Waals surface area (Å²) in [5.74, 6) is 2.46. The Morgan fingerprint density at radius 1 is 0.949 bits per heavy atom. The second-order valence-electron chi connectivity index (χ2n) is 11.7. The fraction of sp³-hybridized carbons (Fsp3) is 0.533. The third kappa shape index (κ3) is 3.91. The summed E-state index contributed by atoms with van der Waals surface area (Å²) in [6, 6.07) is 3.66. The summed E-state index contributed by atoms with van der Waals surface area (Å²) in [5.41, 5.74) is 9.56. The SMILES string of the molecule is COC(=O)C1=C(C)Nc2sc(C(=O)C34CC5CC(CC(C5)C3)C4)c(N)c2C1c1cc(OC)c(OC)c(OC)c1. The van der Waals surface area contributed by atoms with Gasteiger partial charge in [-0.25, -0.2) is 4.79 Å². The molecule has 5 aliphatic rings. The van der Waals surface area contributed by atoms with Crippen molar-refractivity contribution in [2.45, 2.75) is 51.4 Å². The van der Waals surface area contributed by atoms with Crippen molar-refractivity contribution >= 4 is 33.8 Å². The van der Waals surface area contributed by atoms with Crippen LogP contribution in [0.4, 0.5) is 10.7 Å². The molecular formula is C30H36N2O6S. The average Bonchev–Trinajstić information content (AvgIpc) is 3.24. The molecule has 1 aromatic carbocycles. The smallest absolute Gasteiger partial charge is 0.336 e. The molecule has 7 rings (SSSR count). The first-order chi connectivity index (χ1) is 18.7. The highest BCUT2D eigenvalue weighted by atomic mass is 32.1. The van der Waals surface area contributed by atoms with E-state index in [0.29, 0.717) is 62.4 Å². The quantitative estimate of drug-likeness (QED) is 0.330. The second-order valence-corrected chi connectivity index (χ2v) is 12.7. The predicted molar refractivity (Wildman–Crippen MR) is 150 cm³/mol. The van der Waals surface area contributed by atoms with Crippen LogP contribution in [0.3, 0.4) is 0 Å². The van der Waals surface area contributed by atoms with Crippen LogP contribution in [0.5, 0.6) is 17.2 Å². The van der Waals surface area contributed by atoms with E-state index in [1.807, 2.05) is 19.1 Å². The van der Waals surface area contributed by atoms with Gasteiger partial charge in [0.2, 0.25) is 5.75 Å². The van der Waals surface area contributed by atoms with E-state index in [2.05, 4.69) is 5.32 Å². The number of ketones is 1. The van der Waals surface area contributed by atoms with Crippen molar-refractivity contribution in [2.75, 3.05) is 39.5 Å². The Bertz CT molecular complexity index is 1330. The van der Waals surface area contributed by atoms with Gasteiger partial charge in [0, 0.05) is 22.6 Å². The number of thiophene rings is 1. The van der Waals surface area contributed by atoms with E-state index in [1.54, 1.807) is 21.3 Å². The van der Waals surface area contributed by atoms with Crippen LogP contribution < -0.4 is 25.3 Å². The second kappa shape index (κ2) is 9.47. The Morgan fingerprint density at radius 3 is 2.00 bits per heavy atom. The number of nitrogens with two attached hydrogens (primary N) is 1. The number of esters is 1. The normalized spacial score (nSPS) is 28.5. The zero-order chi connectivity index (χ0) is 27.6. The predicted octanol–water partition coefficient (Wildman–Crippen LogP) is 5.76. The lowest BCUT2D eigenvalue weighted by molar-refractivity contribution is -0.136. The summed E-state index contributed by atoms with van der Waals surface area (Å²) < 4.78 is 22.0. The lowest BCUT2D eigenvalue weighted by Crippen LogP contribution is -2.50. The van der Waals surface area contributed by atoms with E-state index in [0.717, 1.165) is 29.8 Å². The molecule has 1 atom stereocenters. The summed E-state index contributed by atoms with van der Waals surface area (Å²) in [5, 5.41) is 4.15. The summed E-state index contributed by atoms with van der Waals surface area (Å²) in [6.07, 6.45) is 6.69. The van der Waals surface area contributed by atoms with Gasteiger partial charge in [0.25, 0.3) is 0 Å². The molecule has 0 spiro atoms. The summed E-state index contributed by atoms with van der Waals surface area (Å²) >= 11 is 1.41. The molecule has 4 fully saturated rings. The van der Waals surface area contributed by atoms with E-state index in [9.17, 15) is 9.59 Å². The molecule has 2 aromatic rings. The van der Waals surface area contributed by atoms with Gasteiger partial charge < -0.3 is 30.0 Å². The van der Waals surface area contributed by atoms with Gasteiger partial charge in [-0.15, -0.1) is 11.3 Å². The summed E-state index contributed by atoms with van der Waals surface area (Å²) in [6.45, 7) is 1.84. The molecule has 9 heteroatoms. The first-order valence-corrected chi connectivity index (χ1v) is 14.4. The Labute approximate surface area is 232 Å². The van der Waals surface area contributed by atoms with Gasteiger partial charge in [-0.05, 0) is 80.9 Å². The van der Waals surface area contributed by atoms with Gasteiger partial charge in [-0.2, -0.15) is 0 Å². The number of Topliss-reactive ketones (excluding diaryl/α,β-unsaturated/α-hetero) is 1. The number of ether oxygens (including phenoxy) is 4. The monoisotopic (exact) mass is 552 g/mol. The van der Waals surface area contributed by atoms with Crippen LogP contribution in [0.15, 0.2) is 23.4 Å². The maximum atomic E-state index is 14.4. The Hall–Kier alpha value is -3.20. The van der Waals surface area contributed by atoms with Gasteiger partial charge in [0.15, 0.2) is 17.3 Å². The van der Waals surface area contributed by atoms with Gasteiger partial charge in [0.05, 0.1) is 49.6 Å². The van der Waals surface area contributed by atoms with Crippen LogP contribution in [0.25, 0.3) is 0 Å². The van der Waals surface area contributed by atoms with Crippen LogP contribution in [0.2, 0.25) is 0 Å². The van der Waals surface area contributed by atoms with E-state index >= 15 is 0 Å². The maximum Gasteiger partial charge on any atom is 0.336 e. The molecule has 1 aliphatic heterocycles. The number of rotatable bonds is 7. The Balaban J connectivity index is 1.50. The van der Waals surface area contributed by atoms with Crippen molar-refractivity contribution in [2.24, 2.45) is 23.2 Å². The fourth-order valence-electron chi connectivity index (χ4n) is 8.22. The molecule has 4 aliphatic carbocycles. The van der Waals surface area contributed by atoms with Crippen molar-refractivity contribution in [1.29, 1.82) is 0 Å². The number of carbonyl (C=O) groups excluding carboxylic acids is 2. The standard InChI is InChI=1S/C30H36N2O6S/c1-14-21(29(34)38-5)22(18-9-19(35-2)25(37-4)20(10-18)36-3)23-24(31)26(39-28(23)32-14)27(33)30-11-15-6-16(12-30)8-17(7-15)13-30/h9-10,15-17,22,32H,6-8,11-13,31H2,1-5H3. The molecule has 1 unspecified atom stereocenters. The van der Waals surface area contributed by atoms with E-state index < -0.39 is 11.9 Å². The number of nitrogen functional groups attached to an aromatic ring is 1. The van der Waals surface area contributed by atoms with Crippen LogP contribution in [0, 0.1) is 23.2 Å². The van der Waals surface area contributed by atoms with Gasteiger partial charge in [-0.3, -0.25) is 4.79 Å². The highest BCUT2D eigenvalue weighted by Gasteiger charge is 2.55. The molecule has 0 amide bonds. The highest BCUT2D eigenvalue weighted by molar-refractivity contribution is 7.19. The number of benzene rings is 1. The van der Waals surface area contributed by atoms with Crippen molar-refractivity contribution < 1.29 is 28.5 Å². The van der Waals surface area contributed by atoms with Crippen molar-refractivity contribution in [3.05, 3.63) is 39.4 Å². The number of hydrogen-bond donors (Lipinski definition) is 2. The molecule has 1 aromatic heterocycles. The maximum absolute atomic E-state index is 14.4. The van der Waals surface area contributed by atoms with Crippen LogP contribution in [0.1, 0.15) is 72.2 Å². The number of allylic oxidation sites excluding steroid dienone is 1. The fourth-order valence-corrected chi connectivity index (χ4v) is 9.49. The lowest BCUT2D eigenvalue weighted by Gasteiger charge is -2.55. The number of methoxy groups -OCH3 is 4. The molecule has 4 bridgehead atoms. The van der Waals surface area contributed by atoms with Crippen molar-refractivity contribution in [3.8, 4) is 17.2 Å². The molecule has 8 nitrogen and oxygen atoms in total. The minimum absolute atomic E-state index is 0.182. The van der Waals surface area contributed by atoms with Crippen molar-refractivity contribution in [1.82, 2.24) is 0 Å². The third-order valence-electron chi connectivity index (χ3n) is 9.42. The molecule has 39 heavy (non-hydrogen) atoms. The molecule has 2 heterocycles. The third-order valence-corrected chi connectivity index (χ3v) is 10.6. The zero-order valence-corrected chi connectivity index (χ0v) is 24.0. The number of hydrogen-bond acceptors (Lipinski definition) is 9. The van der Waals surface area contributed by atoms with E-state index in [4.69, 9.17) is 24.7 Å². The first kappa shape index (κ1) is 26.0. The molecule has 3 N–H and O–H groups in total. The molecule has 0 saturated heterocycles. The topological polar surface area (TPSA) is 109 Å².